The molecule has 2 amide bonds. The van der Waals surface area contributed by atoms with Crippen LogP contribution >= 0.6 is 0 Å². The molecule has 2 atom stereocenters. The van der Waals surface area contributed by atoms with Crippen LogP contribution in [0.4, 0.5) is 11.4 Å². The minimum absolute atomic E-state index is 0.0424. The molecule has 2 aromatic carbocycles. The summed E-state index contributed by atoms with van der Waals surface area (Å²) in [6.45, 7) is 7.55. The van der Waals surface area contributed by atoms with Gasteiger partial charge < -0.3 is 19.3 Å². The molecule has 0 radical (unpaired) electrons. The number of imide groups is 1. The molecule has 1 saturated heterocycles. The zero-order chi connectivity index (χ0) is 23.7. The van der Waals surface area contributed by atoms with E-state index in [-0.39, 0.29) is 24.0 Å². The number of benzene rings is 2. The maximum atomic E-state index is 13.7. The van der Waals surface area contributed by atoms with E-state index in [0.717, 1.165) is 11.4 Å². The van der Waals surface area contributed by atoms with Crippen LogP contribution in [0.5, 0.6) is 5.75 Å². The number of morpholine rings is 1. The first-order valence-electron chi connectivity index (χ1n) is 11.3. The Balaban J connectivity index is 1.77. The van der Waals surface area contributed by atoms with E-state index < -0.39 is 0 Å². The highest BCUT2D eigenvalue weighted by Gasteiger charge is 2.43. The maximum Gasteiger partial charge on any atom is 0.282 e. The van der Waals surface area contributed by atoms with Gasteiger partial charge in [0, 0.05) is 32.9 Å². The third kappa shape index (κ3) is 4.46. The molecule has 7 nitrogen and oxygen atoms in total. The molecular formula is C26H31N3O4. The number of hydrogen-bond acceptors (Lipinski definition) is 6. The van der Waals surface area contributed by atoms with E-state index in [1.54, 1.807) is 0 Å². The van der Waals surface area contributed by atoms with Crippen molar-refractivity contribution in [2.75, 3.05) is 43.6 Å². The van der Waals surface area contributed by atoms with Crippen LogP contribution in [0.2, 0.25) is 0 Å². The van der Waals surface area contributed by atoms with E-state index in [1.165, 1.54) is 4.90 Å². The normalized spacial score (nSPS) is 21.1. The van der Waals surface area contributed by atoms with Gasteiger partial charge in [-0.25, -0.2) is 4.90 Å². The number of amides is 2. The first-order valence-corrected chi connectivity index (χ1v) is 11.3. The predicted octanol–water partition coefficient (Wildman–Crippen LogP) is 3.55. The van der Waals surface area contributed by atoms with Crippen molar-refractivity contribution >= 4 is 28.8 Å². The third-order valence-electron chi connectivity index (χ3n) is 5.87. The second kappa shape index (κ2) is 9.27. The van der Waals surface area contributed by atoms with Crippen LogP contribution in [-0.4, -0.2) is 62.7 Å². The zero-order valence-electron chi connectivity index (χ0n) is 19.9. The van der Waals surface area contributed by atoms with Crippen molar-refractivity contribution in [3.8, 4) is 5.75 Å². The van der Waals surface area contributed by atoms with Crippen LogP contribution < -0.4 is 14.5 Å². The van der Waals surface area contributed by atoms with E-state index in [4.69, 9.17) is 9.47 Å². The second-order valence-corrected chi connectivity index (χ2v) is 8.70. The van der Waals surface area contributed by atoms with Crippen molar-refractivity contribution in [1.82, 2.24) is 4.90 Å². The van der Waals surface area contributed by atoms with E-state index in [0.29, 0.717) is 42.2 Å². The summed E-state index contributed by atoms with van der Waals surface area (Å²) < 4.78 is 11.4. The maximum absolute atomic E-state index is 13.7. The number of hydrogen-bond donors (Lipinski definition) is 0. The van der Waals surface area contributed by atoms with Gasteiger partial charge in [-0.1, -0.05) is 12.1 Å². The highest BCUT2D eigenvalue weighted by atomic mass is 16.5. The van der Waals surface area contributed by atoms with Gasteiger partial charge in [-0.2, -0.15) is 0 Å². The molecule has 2 aliphatic heterocycles. The fourth-order valence-electron chi connectivity index (χ4n) is 4.45. The molecule has 0 bridgehead atoms. The topological polar surface area (TPSA) is 62.3 Å². The molecule has 2 aliphatic rings. The van der Waals surface area contributed by atoms with Gasteiger partial charge in [0.2, 0.25) is 0 Å². The predicted molar refractivity (Wildman–Crippen MR) is 129 cm³/mol. The van der Waals surface area contributed by atoms with Crippen LogP contribution in [0.1, 0.15) is 26.3 Å². The van der Waals surface area contributed by atoms with Gasteiger partial charge in [0.05, 0.1) is 30.1 Å². The molecule has 7 heteroatoms. The lowest BCUT2D eigenvalue weighted by atomic mass is 10.0. The summed E-state index contributed by atoms with van der Waals surface area (Å²) >= 11 is 0. The van der Waals surface area contributed by atoms with Crippen molar-refractivity contribution in [3.63, 3.8) is 0 Å². The Morgan fingerprint density at radius 3 is 2.09 bits per heavy atom. The molecular weight excluding hydrogens is 418 g/mol. The minimum atomic E-state index is -0.316. The Morgan fingerprint density at radius 1 is 0.939 bits per heavy atom. The quantitative estimate of drug-likeness (QED) is 0.629. The Morgan fingerprint density at radius 2 is 1.55 bits per heavy atom. The smallest absolute Gasteiger partial charge is 0.282 e. The minimum Gasteiger partial charge on any atom is -0.494 e. The molecule has 0 aliphatic carbocycles. The molecule has 0 N–H and O–H groups in total. The lowest BCUT2D eigenvalue weighted by molar-refractivity contribution is -0.121. The van der Waals surface area contributed by atoms with Crippen LogP contribution in [0.3, 0.4) is 0 Å². The van der Waals surface area contributed by atoms with Crippen molar-refractivity contribution < 1.29 is 19.1 Å². The fourth-order valence-corrected chi connectivity index (χ4v) is 4.45. The number of anilines is 2. The van der Waals surface area contributed by atoms with Gasteiger partial charge >= 0.3 is 0 Å². The van der Waals surface area contributed by atoms with Crippen molar-refractivity contribution in [2.24, 2.45) is 0 Å². The Labute approximate surface area is 195 Å². The van der Waals surface area contributed by atoms with Gasteiger partial charge in [-0.3, -0.25) is 9.59 Å². The first kappa shape index (κ1) is 22.9. The first-order chi connectivity index (χ1) is 15.8. The summed E-state index contributed by atoms with van der Waals surface area (Å²) in [5, 5.41) is 0. The Hall–Kier alpha value is -3.32. The summed E-state index contributed by atoms with van der Waals surface area (Å²) in [6.07, 6.45) is -0.0849. The summed E-state index contributed by atoms with van der Waals surface area (Å²) in [7, 11) is 3.90. The fraction of sp³-hybridized carbons (Fsp3) is 0.385. The number of nitrogens with zero attached hydrogens (tertiary/aromatic N) is 3. The largest absolute Gasteiger partial charge is 0.494 e. The van der Waals surface area contributed by atoms with E-state index in [2.05, 4.69) is 0 Å². The molecule has 4 rings (SSSR count). The highest BCUT2D eigenvalue weighted by molar-refractivity contribution is 6.45. The zero-order valence-corrected chi connectivity index (χ0v) is 19.9. The van der Waals surface area contributed by atoms with Gasteiger partial charge in [-0.15, -0.1) is 0 Å². The number of carbonyl (C=O) groups excluding carboxylic acids is 2. The van der Waals surface area contributed by atoms with Gasteiger partial charge in [0.15, 0.2) is 0 Å². The third-order valence-corrected chi connectivity index (χ3v) is 5.87. The number of carbonyl (C=O) groups is 2. The lowest BCUT2D eigenvalue weighted by Gasteiger charge is -2.37. The molecule has 2 unspecified atom stereocenters. The van der Waals surface area contributed by atoms with Crippen molar-refractivity contribution in [1.29, 1.82) is 0 Å². The van der Waals surface area contributed by atoms with Crippen LogP contribution in [-0.2, 0) is 14.3 Å². The molecule has 2 aromatic rings. The van der Waals surface area contributed by atoms with Gasteiger partial charge in [-0.05, 0) is 62.7 Å². The number of rotatable bonds is 6. The summed E-state index contributed by atoms with van der Waals surface area (Å²) in [5.74, 6) is 0.108. The average molecular weight is 450 g/mol. The van der Waals surface area contributed by atoms with Gasteiger partial charge in [0.25, 0.3) is 11.8 Å². The lowest BCUT2D eigenvalue weighted by Crippen LogP contribution is -2.47. The summed E-state index contributed by atoms with van der Waals surface area (Å²) in [5.41, 5.74) is 3.10. The van der Waals surface area contributed by atoms with E-state index >= 15 is 0 Å². The summed E-state index contributed by atoms with van der Waals surface area (Å²) in [6, 6.07) is 14.8. The van der Waals surface area contributed by atoms with Crippen LogP contribution in [0.15, 0.2) is 54.2 Å². The molecule has 0 spiro atoms. The van der Waals surface area contributed by atoms with Crippen molar-refractivity contribution in [2.45, 2.75) is 33.0 Å². The molecule has 174 valence electrons. The Kier molecular flexibility index (Phi) is 6.42. The van der Waals surface area contributed by atoms with Crippen molar-refractivity contribution in [3.05, 3.63) is 59.8 Å². The van der Waals surface area contributed by atoms with E-state index in [1.807, 2.05) is 93.2 Å². The molecule has 0 saturated carbocycles. The molecule has 2 heterocycles. The highest BCUT2D eigenvalue weighted by Crippen LogP contribution is 2.36. The van der Waals surface area contributed by atoms with Crippen LogP contribution in [0.25, 0.3) is 5.57 Å². The average Bonchev–Trinajstić information content (AvgIpc) is 3.04. The Bertz CT molecular complexity index is 1050. The standard InChI is InChI=1S/C26H31N3O4/c1-6-32-22-13-7-19(8-14-22)23-24(28-15-17(2)33-18(3)16-28)26(31)29(25(23)30)21-11-9-20(10-12-21)27(4)5/h7-14,17-18H,6,15-16H2,1-5H3. The molecule has 33 heavy (non-hydrogen) atoms. The monoisotopic (exact) mass is 449 g/mol. The molecule has 1 fully saturated rings. The molecule has 0 aromatic heterocycles. The van der Waals surface area contributed by atoms with Gasteiger partial charge in [0.1, 0.15) is 11.4 Å². The van der Waals surface area contributed by atoms with E-state index in [9.17, 15) is 9.59 Å². The SMILES string of the molecule is CCOc1ccc(C2=C(N3CC(C)OC(C)C3)C(=O)N(c3ccc(N(C)C)cc3)C2=O)cc1. The second-order valence-electron chi connectivity index (χ2n) is 8.70. The summed E-state index contributed by atoms with van der Waals surface area (Å²) in [4.78, 5) is 32.7. The van der Waals surface area contributed by atoms with Crippen LogP contribution in [0, 0.1) is 0 Å². The number of ether oxygens (including phenoxy) is 2.